The van der Waals surface area contributed by atoms with E-state index in [1.54, 1.807) is 6.20 Å². The number of carbonyl (C=O) groups is 1. The van der Waals surface area contributed by atoms with E-state index in [0.29, 0.717) is 23.5 Å². The van der Waals surface area contributed by atoms with Gasteiger partial charge < -0.3 is 5.32 Å². The molecule has 1 saturated heterocycles. The first-order valence-electron chi connectivity index (χ1n) is 10.8. The Labute approximate surface area is 177 Å². The van der Waals surface area contributed by atoms with Crippen molar-refractivity contribution < 1.29 is 4.79 Å². The molecule has 1 aliphatic carbocycles. The maximum atomic E-state index is 12.5. The van der Waals surface area contributed by atoms with Crippen LogP contribution in [-0.4, -0.2) is 46.5 Å². The smallest absolute Gasteiger partial charge is 0.234 e. The minimum absolute atomic E-state index is 0.163. The molecule has 154 valence electrons. The van der Waals surface area contributed by atoms with Crippen LogP contribution in [0.4, 0.5) is 0 Å². The van der Waals surface area contributed by atoms with Gasteiger partial charge in [0.05, 0.1) is 24.1 Å². The van der Waals surface area contributed by atoms with Crippen molar-refractivity contribution in [2.24, 2.45) is 0 Å². The number of halogens is 1. The van der Waals surface area contributed by atoms with Gasteiger partial charge in [-0.25, -0.2) is 4.98 Å². The van der Waals surface area contributed by atoms with E-state index >= 15 is 0 Å². The molecule has 2 fully saturated rings. The van der Waals surface area contributed by atoms with Crippen LogP contribution in [0.3, 0.4) is 0 Å². The van der Waals surface area contributed by atoms with Crippen molar-refractivity contribution in [3.63, 3.8) is 0 Å². The molecule has 1 atom stereocenters. The van der Waals surface area contributed by atoms with Crippen LogP contribution in [0.1, 0.15) is 56.6 Å². The highest BCUT2D eigenvalue weighted by atomic mass is 35.5. The van der Waals surface area contributed by atoms with Crippen LogP contribution < -0.4 is 5.32 Å². The molecular weight excluding hydrogens is 384 g/mol. The molecule has 0 spiro atoms. The Balaban J connectivity index is 1.38. The van der Waals surface area contributed by atoms with Gasteiger partial charge in [-0.15, -0.1) is 0 Å². The number of hydrogen-bond donors (Lipinski definition) is 1. The number of piperidine rings is 1. The topological polar surface area (TPSA) is 58.1 Å². The molecule has 1 N–H and O–H groups in total. The third-order valence-electron chi connectivity index (χ3n) is 6.03. The third-order valence-corrected chi connectivity index (χ3v) is 6.27. The van der Waals surface area contributed by atoms with Gasteiger partial charge in [0.1, 0.15) is 0 Å². The number of rotatable bonds is 5. The van der Waals surface area contributed by atoms with Gasteiger partial charge in [-0.3, -0.25) is 14.7 Å². The fourth-order valence-electron chi connectivity index (χ4n) is 4.53. The van der Waals surface area contributed by atoms with Crippen LogP contribution in [0.5, 0.6) is 0 Å². The third kappa shape index (κ3) is 5.55. The Morgan fingerprint density at radius 2 is 2.00 bits per heavy atom. The van der Waals surface area contributed by atoms with Gasteiger partial charge in [0.15, 0.2) is 0 Å². The zero-order valence-corrected chi connectivity index (χ0v) is 17.6. The average molecular weight is 413 g/mol. The van der Waals surface area contributed by atoms with Crippen molar-refractivity contribution in [2.45, 2.75) is 56.9 Å². The van der Waals surface area contributed by atoms with Crippen LogP contribution in [-0.2, 0) is 4.79 Å². The van der Waals surface area contributed by atoms with Crippen LogP contribution in [0, 0.1) is 0 Å². The number of benzene rings is 1. The summed E-state index contributed by atoms with van der Waals surface area (Å²) >= 11 is 6.13. The molecule has 1 aliphatic heterocycles. The van der Waals surface area contributed by atoms with E-state index in [1.807, 2.05) is 30.5 Å². The largest absolute Gasteiger partial charge is 0.352 e. The molecule has 1 unspecified atom stereocenters. The molecule has 0 radical (unpaired) electrons. The summed E-state index contributed by atoms with van der Waals surface area (Å²) in [4.78, 5) is 24.1. The van der Waals surface area contributed by atoms with Gasteiger partial charge in [0.25, 0.3) is 0 Å². The molecule has 0 bridgehead atoms. The van der Waals surface area contributed by atoms with Gasteiger partial charge in [-0.2, -0.15) is 0 Å². The van der Waals surface area contributed by atoms with Crippen molar-refractivity contribution in [3.05, 3.63) is 47.4 Å². The first kappa shape index (κ1) is 20.3. The maximum Gasteiger partial charge on any atom is 0.234 e. The molecule has 2 heterocycles. The molecule has 2 aliphatic rings. The summed E-state index contributed by atoms with van der Waals surface area (Å²) in [5, 5.41) is 3.93. The number of amides is 1. The molecule has 1 amide bonds. The summed E-state index contributed by atoms with van der Waals surface area (Å²) in [6, 6.07) is 8.08. The lowest BCUT2D eigenvalue weighted by molar-refractivity contribution is -0.123. The summed E-state index contributed by atoms with van der Waals surface area (Å²) < 4.78 is 0. The van der Waals surface area contributed by atoms with Gasteiger partial charge in [-0.05, 0) is 44.4 Å². The highest BCUT2D eigenvalue weighted by Crippen LogP contribution is 2.27. The molecule has 5 nitrogen and oxygen atoms in total. The molecule has 1 aromatic carbocycles. The van der Waals surface area contributed by atoms with E-state index in [-0.39, 0.29) is 5.91 Å². The molecule has 2 aromatic rings. The number of carbonyl (C=O) groups excluding carboxylic acids is 1. The highest BCUT2D eigenvalue weighted by molar-refractivity contribution is 6.30. The average Bonchev–Trinajstić information content (AvgIpc) is 2.75. The van der Waals surface area contributed by atoms with Crippen molar-refractivity contribution >= 4 is 17.5 Å². The van der Waals surface area contributed by atoms with E-state index in [0.717, 1.165) is 55.7 Å². The summed E-state index contributed by atoms with van der Waals surface area (Å²) in [6.07, 6.45) is 11.8. The zero-order chi connectivity index (χ0) is 20.1. The van der Waals surface area contributed by atoms with Crippen LogP contribution >= 0.6 is 11.6 Å². The molecule has 1 aromatic heterocycles. The SMILES string of the molecule is O=C(CN1CCCC(c2cncc(-c3cccc(Cl)c3)n2)C1)NC1CCCCC1. The first-order valence-corrected chi connectivity index (χ1v) is 11.1. The van der Waals surface area contributed by atoms with Crippen LogP contribution in [0.15, 0.2) is 36.7 Å². The molecule has 6 heteroatoms. The van der Waals surface area contributed by atoms with E-state index in [9.17, 15) is 4.79 Å². The minimum Gasteiger partial charge on any atom is -0.352 e. The lowest BCUT2D eigenvalue weighted by atomic mass is 9.94. The summed E-state index contributed by atoms with van der Waals surface area (Å²) in [6.45, 7) is 2.30. The van der Waals surface area contributed by atoms with Crippen molar-refractivity contribution in [3.8, 4) is 11.3 Å². The standard InChI is InChI=1S/C23H29ClN4O/c24-19-8-4-6-17(12-19)21-13-25-14-22(27-21)18-7-5-11-28(15-18)16-23(29)26-20-9-2-1-3-10-20/h4,6,8,12-14,18,20H,1-3,5,7,9-11,15-16H2,(H,26,29). The second kappa shape index (κ2) is 9.68. The zero-order valence-electron chi connectivity index (χ0n) is 16.8. The summed E-state index contributed by atoms with van der Waals surface area (Å²) in [5.74, 6) is 0.467. The lowest BCUT2D eigenvalue weighted by Gasteiger charge is -2.32. The van der Waals surface area contributed by atoms with E-state index < -0.39 is 0 Å². The first-order chi connectivity index (χ1) is 14.2. The van der Waals surface area contributed by atoms with Crippen molar-refractivity contribution in [1.82, 2.24) is 20.2 Å². The Morgan fingerprint density at radius 1 is 1.14 bits per heavy atom. The molecule has 29 heavy (non-hydrogen) atoms. The Morgan fingerprint density at radius 3 is 2.83 bits per heavy atom. The number of nitrogens with zero attached hydrogens (tertiary/aromatic N) is 3. The highest BCUT2D eigenvalue weighted by Gasteiger charge is 2.25. The molecular formula is C23H29ClN4O. The van der Waals surface area contributed by atoms with Gasteiger partial charge in [-0.1, -0.05) is 43.0 Å². The van der Waals surface area contributed by atoms with Crippen LogP contribution in [0.25, 0.3) is 11.3 Å². The predicted octanol–water partition coefficient (Wildman–Crippen LogP) is 4.43. The van der Waals surface area contributed by atoms with E-state index in [4.69, 9.17) is 16.6 Å². The Bertz CT molecular complexity index is 837. The minimum atomic E-state index is 0.163. The van der Waals surface area contributed by atoms with E-state index in [2.05, 4.69) is 15.2 Å². The predicted molar refractivity (Wildman–Crippen MR) is 116 cm³/mol. The second-order valence-corrected chi connectivity index (χ2v) is 8.75. The maximum absolute atomic E-state index is 12.5. The van der Waals surface area contributed by atoms with Crippen LogP contribution in [0.2, 0.25) is 5.02 Å². The monoisotopic (exact) mass is 412 g/mol. The van der Waals surface area contributed by atoms with Crippen molar-refractivity contribution in [2.75, 3.05) is 19.6 Å². The summed E-state index contributed by atoms with van der Waals surface area (Å²) in [5.41, 5.74) is 2.82. The number of hydrogen-bond acceptors (Lipinski definition) is 4. The number of likely N-dealkylation sites (tertiary alicyclic amines) is 1. The lowest BCUT2D eigenvalue weighted by Crippen LogP contribution is -2.45. The van der Waals surface area contributed by atoms with Gasteiger partial charge >= 0.3 is 0 Å². The number of nitrogens with one attached hydrogen (secondary N) is 1. The van der Waals surface area contributed by atoms with Gasteiger partial charge in [0, 0.05) is 35.3 Å². The Hall–Kier alpha value is -1.98. The molecule has 1 saturated carbocycles. The quantitative estimate of drug-likeness (QED) is 0.789. The Kier molecular flexibility index (Phi) is 6.78. The normalized spacial score (nSPS) is 21.1. The van der Waals surface area contributed by atoms with Gasteiger partial charge in [0.2, 0.25) is 5.91 Å². The second-order valence-electron chi connectivity index (χ2n) is 8.32. The fraction of sp³-hybridized carbons (Fsp3) is 0.522. The van der Waals surface area contributed by atoms with E-state index in [1.165, 1.54) is 19.3 Å². The molecule has 4 rings (SSSR count). The van der Waals surface area contributed by atoms with Crippen molar-refractivity contribution in [1.29, 1.82) is 0 Å². The fourth-order valence-corrected chi connectivity index (χ4v) is 4.72. The summed E-state index contributed by atoms with van der Waals surface area (Å²) in [7, 11) is 0. The number of aromatic nitrogens is 2.